The topological polar surface area (TPSA) is 35.5 Å². The van der Waals surface area contributed by atoms with Crippen molar-refractivity contribution in [1.82, 2.24) is 10.2 Å². The van der Waals surface area contributed by atoms with Gasteiger partial charge in [-0.05, 0) is 63.7 Å². The number of aliphatic hydroxyl groups is 1. The molecule has 0 aromatic heterocycles. The van der Waals surface area contributed by atoms with Crippen LogP contribution >= 0.6 is 0 Å². The van der Waals surface area contributed by atoms with Gasteiger partial charge in [0, 0.05) is 6.54 Å². The van der Waals surface area contributed by atoms with Gasteiger partial charge in [0.1, 0.15) is 0 Å². The molecule has 1 saturated heterocycles. The van der Waals surface area contributed by atoms with Crippen molar-refractivity contribution in [2.45, 2.75) is 44.9 Å². The van der Waals surface area contributed by atoms with Crippen LogP contribution in [0.15, 0.2) is 0 Å². The van der Waals surface area contributed by atoms with E-state index in [-0.39, 0.29) is 0 Å². The van der Waals surface area contributed by atoms with Crippen molar-refractivity contribution in [2.75, 3.05) is 39.3 Å². The van der Waals surface area contributed by atoms with E-state index < -0.39 is 0 Å². The third-order valence-corrected chi connectivity index (χ3v) is 4.71. The van der Waals surface area contributed by atoms with Crippen LogP contribution < -0.4 is 5.32 Å². The van der Waals surface area contributed by atoms with Crippen molar-refractivity contribution in [1.29, 1.82) is 0 Å². The Balaban J connectivity index is 1.52. The molecular weight excluding hydrogens is 224 g/mol. The summed E-state index contributed by atoms with van der Waals surface area (Å²) in [5.74, 6) is 1.82. The monoisotopic (exact) mass is 254 g/mol. The molecule has 2 N–H and O–H groups in total. The van der Waals surface area contributed by atoms with Gasteiger partial charge in [0.25, 0.3) is 0 Å². The SMILES string of the molecule is OCCN1CCC(CNCC2CCCCC2)CC1. The Morgan fingerprint density at radius 1 is 0.889 bits per heavy atom. The number of rotatable bonds is 6. The molecule has 1 saturated carbocycles. The molecule has 3 heteroatoms. The van der Waals surface area contributed by atoms with E-state index in [9.17, 15) is 0 Å². The lowest BCUT2D eigenvalue weighted by atomic mass is 9.89. The molecule has 0 aromatic rings. The van der Waals surface area contributed by atoms with Crippen LogP contribution in [0.5, 0.6) is 0 Å². The molecule has 0 spiro atoms. The third kappa shape index (κ3) is 4.87. The number of nitrogens with zero attached hydrogens (tertiary/aromatic N) is 1. The first-order valence-electron chi connectivity index (χ1n) is 7.92. The van der Waals surface area contributed by atoms with Crippen molar-refractivity contribution in [3.05, 3.63) is 0 Å². The molecule has 2 fully saturated rings. The summed E-state index contributed by atoms with van der Waals surface area (Å²) >= 11 is 0. The Bertz CT molecular complexity index is 209. The van der Waals surface area contributed by atoms with Gasteiger partial charge in [0.15, 0.2) is 0 Å². The summed E-state index contributed by atoms with van der Waals surface area (Å²) in [5, 5.41) is 12.6. The molecule has 0 aromatic carbocycles. The minimum absolute atomic E-state index is 0.310. The summed E-state index contributed by atoms with van der Waals surface area (Å²) in [6.07, 6.45) is 9.86. The average Bonchev–Trinajstić information content (AvgIpc) is 2.42. The zero-order valence-electron chi connectivity index (χ0n) is 11.7. The van der Waals surface area contributed by atoms with Gasteiger partial charge in [-0.1, -0.05) is 19.3 Å². The average molecular weight is 254 g/mol. The van der Waals surface area contributed by atoms with Crippen molar-refractivity contribution in [3.63, 3.8) is 0 Å². The van der Waals surface area contributed by atoms with E-state index in [0.717, 1.165) is 18.4 Å². The molecule has 106 valence electrons. The smallest absolute Gasteiger partial charge is 0.0558 e. The molecule has 0 radical (unpaired) electrons. The van der Waals surface area contributed by atoms with Gasteiger partial charge >= 0.3 is 0 Å². The first-order valence-corrected chi connectivity index (χ1v) is 7.92. The van der Waals surface area contributed by atoms with Crippen LogP contribution in [-0.2, 0) is 0 Å². The Hall–Kier alpha value is -0.120. The summed E-state index contributed by atoms with van der Waals surface area (Å²) in [7, 11) is 0. The molecule has 0 amide bonds. The van der Waals surface area contributed by atoms with Crippen LogP contribution in [0.25, 0.3) is 0 Å². The van der Waals surface area contributed by atoms with Gasteiger partial charge in [-0.15, -0.1) is 0 Å². The van der Waals surface area contributed by atoms with Gasteiger partial charge in [0.05, 0.1) is 6.61 Å². The lowest BCUT2D eigenvalue weighted by Crippen LogP contribution is -2.39. The van der Waals surface area contributed by atoms with E-state index in [2.05, 4.69) is 10.2 Å². The molecule has 2 rings (SSSR count). The minimum Gasteiger partial charge on any atom is -0.395 e. The quantitative estimate of drug-likeness (QED) is 0.759. The highest BCUT2D eigenvalue weighted by atomic mass is 16.3. The number of hydrogen-bond donors (Lipinski definition) is 2. The number of aliphatic hydroxyl groups excluding tert-OH is 1. The normalized spacial score (nSPS) is 24.5. The second kappa shape index (κ2) is 8.13. The zero-order valence-corrected chi connectivity index (χ0v) is 11.7. The predicted molar refractivity (Wildman–Crippen MR) is 75.7 cm³/mol. The van der Waals surface area contributed by atoms with Gasteiger partial charge in [-0.25, -0.2) is 0 Å². The Kier molecular flexibility index (Phi) is 6.46. The van der Waals surface area contributed by atoms with Crippen LogP contribution in [0.3, 0.4) is 0 Å². The molecule has 1 aliphatic heterocycles. The molecule has 1 aliphatic carbocycles. The molecule has 2 aliphatic rings. The fourth-order valence-electron chi connectivity index (χ4n) is 3.44. The van der Waals surface area contributed by atoms with E-state index in [1.54, 1.807) is 0 Å². The number of hydrogen-bond acceptors (Lipinski definition) is 3. The van der Waals surface area contributed by atoms with Crippen LogP contribution in [0.2, 0.25) is 0 Å². The molecular formula is C15H30N2O. The molecule has 3 nitrogen and oxygen atoms in total. The van der Waals surface area contributed by atoms with Crippen LogP contribution in [0.4, 0.5) is 0 Å². The van der Waals surface area contributed by atoms with E-state index in [4.69, 9.17) is 5.11 Å². The standard InChI is InChI=1S/C15H30N2O/c18-11-10-17-8-6-15(7-9-17)13-16-12-14-4-2-1-3-5-14/h14-16,18H,1-13H2. The van der Waals surface area contributed by atoms with Crippen molar-refractivity contribution in [2.24, 2.45) is 11.8 Å². The lowest BCUT2D eigenvalue weighted by molar-refractivity contribution is 0.146. The van der Waals surface area contributed by atoms with Gasteiger partial charge < -0.3 is 15.3 Å². The summed E-state index contributed by atoms with van der Waals surface area (Å²) in [5.41, 5.74) is 0. The number of likely N-dealkylation sites (tertiary alicyclic amines) is 1. The molecule has 0 bridgehead atoms. The van der Waals surface area contributed by atoms with Crippen molar-refractivity contribution < 1.29 is 5.11 Å². The van der Waals surface area contributed by atoms with E-state index in [1.165, 1.54) is 71.1 Å². The Morgan fingerprint density at radius 2 is 1.50 bits per heavy atom. The van der Waals surface area contributed by atoms with Crippen LogP contribution in [-0.4, -0.2) is 49.3 Å². The number of β-amino-alcohol motifs (C(OH)–C–C–N with tert-alkyl or cyclic N) is 1. The van der Waals surface area contributed by atoms with E-state index >= 15 is 0 Å². The molecule has 0 atom stereocenters. The molecule has 1 heterocycles. The van der Waals surface area contributed by atoms with Gasteiger partial charge in [0.2, 0.25) is 0 Å². The number of nitrogens with one attached hydrogen (secondary N) is 1. The Labute approximate surface area is 112 Å². The van der Waals surface area contributed by atoms with Crippen LogP contribution in [0, 0.1) is 11.8 Å². The molecule has 18 heavy (non-hydrogen) atoms. The first kappa shape index (κ1) is 14.3. The Morgan fingerprint density at radius 3 is 2.11 bits per heavy atom. The highest BCUT2D eigenvalue weighted by molar-refractivity contribution is 4.75. The second-order valence-electron chi connectivity index (χ2n) is 6.17. The van der Waals surface area contributed by atoms with Crippen molar-refractivity contribution in [3.8, 4) is 0 Å². The van der Waals surface area contributed by atoms with E-state index in [0.29, 0.717) is 6.61 Å². The predicted octanol–water partition coefficient (Wildman–Crippen LogP) is 1.86. The van der Waals surface area contributed by atoms with Gasteiger partial charge in [-0.2, -0.15) is 0 Å². The summed E-state index contributed by atoms with van der Waals surface area (Å²) in [4.78, 5) is 2.39. The summed E-state index contributed by atoms with van der Waals surface area (Å²) in [6.45, 7) is 5.99. The van der Waals surface area contributed by atoms with Gasteiger partial charge in [-0.3, -0.25) is 0 Å². The first-order chi connectivity index (χ1) is 8.88. The largest absolute Gasteiger partial charge is 0.395 e. The lowest BCUT2D eigenvalue weighted by Gasteiger charge is -2.32. The van der Waals surface area contributed by atoms with E-state index in [1.807, 2.05) is 0 Å². The zero-order chi connectivity index (χ0) is 12.6. The maximum absolute atomic E-state index is 8.92. The minimum atomic E-state index is 0.310. The summed E-state index contributed by atoms with van der Waals surface area (Å²) < 4.78 is 0. The fourth-order valence-corrected chi connectivity index (χ4v) is 3.44. The highest BCUT2D eigenvalue weighted by Crippen LogP contribution is 2.23. The fraction of sp³-hybridized carbons (Fsp3) is 1.00. The highest BCUT2D eigenvalue weighted by Gasteiger charge is 2.19. The molecule has 0 unspecified atom stereocenters. The third-order valence-electron chi connectivity index (χ3n) is 4.71. The van der Waals surface area contributed by atoms with Crippen LogP contribution in [0.1, 0.15) is 44.9 Å². The maximum atomic E-state index is 8.92. The second-order valence-corrected chi connectivity index (χ2v) is 6.17. The van der Waals surface area contributed by atoms with Crippen molar-refractivity contribution >= 4 is 0 Å². The summed E-state index contributed by atoms with van der Waals surface area (Å²) in [6, 6.07) is 0. The maximum Gasteiger partial charge on any atom is 0.0558 e. The number of piperidine rings is 1.